The van der Waals surface area contributed by atoms with Crippen LogP contribution >= 0.6 is 11.6 Å². The minimum absolute atomic E-state index is 0.0225. The lowest BCUT2D eigenvalue weighted by Gasteiger charge is -2.19. The summed E-state index contributed by atoms with van der Waals surface area (Å²) < 4.78 is 0. The Kier molecular flexibility index (Phi) is 4.24. The molecular formula is C15H16ClNO. The fourth-order valence-electron chi connectivity index (χ4n) is 1.89. The van der Waals surface area contributed by atoms with Gasteiger partial charge in [-0.05, 0) is 24.6 Å². The molecule has 0 aromatic heterocycles. The normalized spacial score (nSPS) is 12.2. The van der Waals surface area contributed by atoms with Crippen molar-refractivity contribution in [1.29, 1.82) is 0 Å². The first kappa shape index (κ1) is 12.9. The summed E-state index contributed by atoms with van der Waals surface area (Å²) in [5.74, 6) is 0. The molecule has 0 saturated carbocycles. The molecule has 2 aromatic rings. The number of aliphatic hydroxyl groups is 1. The number of nitrogens with one attached hydrogen (secondary N) is 1. The van der Waals surface area contributed by atoms with Crippen LogP contribution < -0.4 is 5.32 Å². The van der Waals surface area contributed by atoms with Crippen LogP contribution in [0.5, 0.6) is 0 Å². The fourth-order valence-corrected chi connectivity index (χ4v) is 2.08. The van der Waals surface area contributed by atoms with Gasteiger partial charge in [-0.1, -0.05) is 53.6 Å². The second kappa shape index (κ2) is 5.89. The Hall–Kier alpha value is -1.51. The number of benzene rings is 2. The highest BCUT2D eigenvalue weighted by Gasteiger charge is 2.11. The zero-order valence-electron chi connectivity index (χ0n) is 10.2. The number of rotatable bonds is 4. The van der Waals surface area contributed by atoms with Crippen molar-refractivity contribution >= 4 is 17.3 Å². The van der Waals surface area contributed by atoms with Crippen molar-refractivity contribution in [2.24, 2.45) is 0 Å². The van der Waals surface area contributed by atoms with Crippen LogP contribution in [-0.2, 0) is 0 Å². The van der Waals surface area contributed by atoms with Crippen molar-refractivity contribution in [3.05, 3.63) is 64.7 Å². The van der Waals surface area contributed by atoms with Crippen molar-refractivity contribution in [3.8, 4) is 0 Å². The molecule has 0 heterocycles. The lowest BCUT2D eigenvalue weighted by Crippen LogP contribution is -2.15. The molecule has 0 fully saturated rings. The molecule has 0 bridgehead atoms. The molecule has 2 aromatic carbocycles. The molecule has 1 atom stereocenters. The van der Waals surface area contributed by atoms with Gasteiger partial charge in [0.2, 0.25) is 0 Å². The van der Waals surface area contributed by atoms with E-state index < -0.39 is 0 Å². The van der Waals surface area contributed by atoms with Crippen molar-refractivity contribution in [1.82, 2.24) is 0 Å². The maximum atomic E-state index is 9.52. The Morgan fingerprint density at radius 1 is 1.17 bits per heavy atom. The molecule has 1 unspecified atom stereocenters. The second-order valence-electron chi connectivity index (χ2n) is 4.27. The molecule has 2 nitrogen and oxygen atoms in total. The summed E-state index contributed by atoms with van der Waals surface area (Å²) in [7, 11) is 0. The molecule has 0 aliphatic heterocycles. The van der Waals surface area contributed by atoms with Gasteiger partial charge >= 0.3 is 0 Å². The van der Waals surface area contributed by atoms with E-state index >= 15 is 0 Å². The van der Waals surface area contributed by atoms with Crippen molar-refractivity contribution < 1.29 is 5.11 Å². The van der Waals surface area contributed by atoms with Crippen LogP contribution in [0.2, 0.25) is 5.02 Å². The minimum Gasteiger partial charge on any atom is -0.394 e. The minimum atomic E-state index is -0.148. The van der Waals surface area contributed by atoms with Crippen LogP contribution in [0.3, 0.4) is 0 Å². The zero-order chi connectivity index (χ0) is 13.0. The van der Waals surface area contributed by atoms with E-state index in [0.29, 0.717) is 5.02 Å². The maximum absolute atomic E-state index is 9.52. The Morgan fingerprint density at radius 3 is 2.61 bits per heavy atom. The Bertz CT molecular complexity index is 527. The van der Waals surface area contributed by atoms with E-state index in [1.165, 1.54) is 5.56 Å². The van der Waals surface area contributed by atoms with Gasteiger partial charge in [0.05, 0.1) is 23.4 Å². The zero-order valence-corrected chi connectivity index (χ0v) is 11.0. The van der Waals surface area contributed by atoms with Crippen LogP contribution in [0.15, 0.2) is 48.5 Å². The highest BCUT2D eigenvalue weighted by Crippen LogP contribution is 2.26. The predicted octanol–water partition coefficient (Wildman–Crippen LogP) is 3.79. The van der Waals surface area contributed by atoms with Crippen LogP contribution in [0.25, 0.3) is 0 Å². The largest absolute Gasteiger partial charge is 0.394 e. The summed E-state index contributed by atoms with van der Waals surface area (Å²) in [6, 6.07) is 15.5. The van der Waals surface area contributed by atoms with Crippen molar-refractivity contribution in [3.63, 3.8) is 0 Å². The highest BCUT2D eigenvalue weighted by atomic mass is 35.5. The third kappa shape index (κ3) is 3.03. The van der Waals surface area contributed by atoms with Crippen LogP contribution in [0, 0.1) is 6.92 Å². The molecular weight excluding hydrogens is 246 g/mol. The van der Waals surface area contributed by atoms with Gasteiger partial charge in [-0.2, -0.15) is 0 Å². The maximum Gasteiger partial charge on any atom is 0.0745 e. The molecule has 3 heteroatoms. The van der Waals surface area contributed by atoms with E-state index in [9.17, 15) is 5.11 Å². The highest BCUT2D eigenvalue weighted by molar-refractivity contribution is 6.33. The summed E-state index contributed by atoms with van der Waals surface area (Å²) in [5, 5.41) is 13.4. The van der Waals surface area contributed by atoms with E-state index in [0.717, 1.165) is 11.3 Å². The average Bonchev–Trinajstić information content (AvgIpc) is 2.38. The van der Waals surface area contributed by atoms with E-state index in [1.807, 2.05) is 49.4 Å². The number of aryl methyl sites for hydroxylation is 1. The standard InChI is InChI=1S/C15H16ClNO/c1-11-5-4-6-12(9-11)15(10-18)17-14-8-3-2-7-13(14)16/h2-9,15,17-18H,10H2,1H3. The van der Waals surface area contributed by atoms with E-state index in [4.69, 9.17) is 11.6 Å². The SMILES string of the molecule is Cc1cccc(C(CO)Nc2ccccc2Cl)c1. The fraction of sp³-hybridized carbons (Fsp3) is 0.200. The Labute approximate surface area is 112 Å². The Balaban J connectivity index is 2.23. The van der Waals surface area contributed by atoms with Gasteiger partial charge in [0.1, 0.15) is 0 Å². The van der Waals surface area contributed by atoms with Crippen LogP contribution in [0.4, 0.5) is 5.69 Å². The van der Waals surface area contributed by atoms with Crippen LogP contribution in [0.1, 0.15) is 17.2 Å². The number of halogens is 1. The number of hydrogen-bond acceptors (Lipinski definition) is 2. The van der Waals surface area contributed by atoms with Gasteiger partial charge in [0.15, 0.2) is 0 Å². The van der Waals surface area contributed by atoms with Crippen LogP contribution in [-0.4, -0.2) is 11.7 Å². The van der Waals surface area contributed by atoms with Gasteiger partial charge in [0.25, 0.3) is 0 Å². The summed E-state index contributed by atoms with van der Waals surface area (Å²) in [4.78, 5) is 0. The van der Waals surface area contributed by atoms with Crippen molar-refractivity contribution in [2.75, 3.05) is 11.9 Å². The topological polar surface area (TPSA) is 32.3 Å². The van der Waals surface area contributed by atoms with Gasteiger partial charge in [-0.3, -0.25) is 0 Å². The number of para-hydroxylation sites is 1. The summed E-state index contributed by atoms with van der Waals surface area (Å²) >= 11 is 6.10. The van der Waals surface area contributed by atoms with Gasteiger partial charge in [0, 0.05) is 0 Å². The number of aliphatic hydroxyl groups excluding tert-OH is 1. The molecule has 0 spiro atoms. The van der Waals surface area contributed by atoms with Crippen molar-refractivity contribution in [2.45, 2.75) is 13.0 Å². The number of anilines is 1. The molecule has 2 N–H and O–H groups in total. The number of hydrogen-bond donors (Lipinski definition) is 2. The smallest absolute Gasteiger partial charge is 0.0745 e. The molecule has 0 saturated heterocycles. The summed E-state index contributed by atoms with van der Waals surface area (Å²) in [6.45, 7) is 2.06. The van der Waals surface area contributed by atoms with Gasteiger partial charge < -0.3 is 10.4 Å². The Morgan fingerprint density at radius 2 is 1.94 bits per heavy atom. The lowest BCUT2D eigenvalue weighted by atomic mass is 10.0. The average molecular weight is 262 g/mol. The van der Waals surface area contributed by atoms with E-state index in [1.54, 1.807) is 0 Å². The third-order valence-corrected chi connectivity index (χ3v) is 3.16. The molecule has 0 aliphatic carbocycles. The van der Waals surface area contributed by atoms with E-state index in [2.05, 4.69) is 11.4 Å². The molecule has 2 rings (SSSR count). The van der Waals surface area contributed by atoms with E-state index in [-0.39, 0.29) is 12.6 Å². The van der Waals surface area contributed by atoms with Gasteiger partial charge in [-0.25, -0.2) is 0 Å². The predicted molar refractivity (Wildman–Crippen MR) is 76.1 cm³/mol. The molecule has 94 valence electrons. The molecule has 18 heavy (non-hydrogen) atoms. The molecule has 0 aliphatic rings. The summed E-state index contributed by atoms with van der Waals surface area (Å²) in [5.41, 5.74) is 3.06. The third-order valence-electron chi connectivity index (χ3n) is 2.83. The quantitative estimate of drug-likeness (QED) is 0.878. The molecule has 0 amide bonds. The first-order valence-corrected chi connectivity index (χ1v) is 6.27. The monoisotopic (exact) mass is 261 g/mol. The first-order valence-electron chi connectivity index (χ1n) is 5.89. The van der Waals surface area contributed by atoms with Gasteiger partial charge in [-0.15, -0.1) is 0 Å². The lowest BCUT2D eigenvalue weighted by molar-refractivity contribution is 0.276. The summed E-state index contributed by atoms with van der Waals surface area (Å²) in [6.07, 6.45) is 0. The second-order valence-corrected chi connectivity index (χ2v) is 4.68. The first-order chi connectivity index (χ1) is 8.70. The molecule has 0 radical (unpaired) electrons.